The number of nitrogens with two attached hydrogens (primary N) is 1. The number of ketones is 1. The Balaban J connectivity index is 0.00000180. The van der Waals surface area contributed by atoms with Crippen LogP contribution in [0.1, 0.15) is 15.9 Å². The molecule has 0 unspecified atom stereocenters. The van der Waals surface area contributed by atoms with E-state index in [2.05, 4.69) is 4.84 Å². The Morgan fingerprint density at radius 1 is 1.16 bits per heavy atom. The van der Waals surface area contributed by atoms with E-state index in [1.165, 1.54) is 0 Å². The first-order valence-electron chi connectivity index (χ1n) is 5.67. The quantitative estimate of drug-likeness (QED) is 0.403. The van der Waals surface area contributed by atoms with E-state index in [1.807, 2.05) is 59.4 Å². The van der Waals surface area contributed by atoms with Crippen LogP contribution in [0, 0.1) is 0 Å². The number of pyridine rings is 1. The largest absolute Gasteiger partial charge is 1.00 e. The monoisotopic (exact) mass is 322 g/mol. The molecule has 5 heteroatoms. The van der Waals surface area contributed by atoms with Crippen molar-refractivity contribution in [3.8, 4) is 0 Å². The van der Waals surface area contributed by atoms with E-state index in [0.717, 1.165) is 5.56 Å². The van der Waals surface area contributed by atoms with Crippen molar-refractivity contribution in [2.24, 2.45) is 5.90 Å². The summed E-state index contributed by atoms with van der Waals surface area (Å²) in [5, 5.41) is 0. The molecular weight excluding hydrogens is 308 g/mol. The smallest absolute Gasteiger partial charge is 0.227 e. The second-order valence-corrected chi connectivity index (χ2v) is 3.98. The molecule has 19 heavy (non-hydrogen) atoms. The number of benzene rings is 1. The van der Waals surface area contributed by atoms with Gasteiger partial charge in [0.05, 0.1) is 6.61 Å². The Kier molecular flexibility index (Phi) is 6.35. The van der Waals surface area contributed by atoms with Gasteiger partial charge in [-0.2, -0.15) is 4.57 Å². The van der Waals surface area contributed by atoms with Crippen molar-refractivity contribution in [3.05, 3.63) is 66.0 Å². The molecule has 2 rings (SSSR count). The van der Waals surface area contributed by atoms with Crippen LogP contribution < -0.4 is 27.4 Å². The summed E-state index contributed by atoms with van der Waals surface area (Å²) in [6.07, 6.45) is 3.70. The maximum atomic E-state index is 12.0. The minimum atomic E-state index is 0. The van der Waals surface area contributed by atoms with Gasteiger partial charge in [-0.25, -0.2) is 5.90 Å². The molecule has 4 nitrogen and oxygen atoms in total. The third-order valence-electron chi connectivity index (χ3n) is 2.59. The molecule has 0 fully saturated rings. The number of hydrogen-bond donors (Lipinski definition) is 1. The minimum absolute atomic E-state index is 0. The van der Waals surface area contributed by atoms with E-state index < -0.39 is 0 Å². The fourth-order valence-electron chi connectivity index (χ4n) is 1.74. The summed E-state index contributed by atoms with van der Waals surface area (Å²) in [7, 11) is 0. The van der Waals surface area contributed by atoms with Crippen LogP contribution in [0.25, 0.3) is 0 Å². The molecule has 0 radical (unpaired) electrons. The zero-order chi connectivity index (χ0) is 12.8. The van der Waals surface area contributed by atoms with Crippen molar-refractivity contribution in [2.75, 3.05) is 0 Å². The van der Waals surface area contributed by atoms with Crippen molar-refractivity contribution in [3.63, 3.8) is 0 Å². The number of hydrogen-bond acceptors (Lipinski definition) is 3. The normalized spacial score (nSPS) is 9.74. The van der Waals surface area contributed by atoms with Gasteiger partial charge in [0.2, 0.25) is 12.3 Å². The van der Waals surface area contributed by atoms with E-state index in [-0.39, 0.29) is 22.8 Å². The average molecular weight is 323 g/mol. The SMILES string of the molecule is NOCc1ccc[n+](CC(=O)c2ccccc2)c1.[Br-]. The first kappa shape index (κ1) is 15.5. The second-order valence-electron chi connectivity index (χ2n) is 3.98. The molecule has 2 N–H and O–H groups in total. The zero-order valence-corrected chi connectivity index (χ0v) is 11.9. The van der Waals surface area contributed by atoms with E-state index in [4.69, 9.17) is 5.90 Å². The van der Waals surface area contributed by atoms with E-state index in [1.54, 1.807) is 0 Å². The molecule has 2 aromatic rings. The van der Waals surface area contributed by atoms with Gasteiger partial charge in [0.1, 0.15) is 0 Å². The number of carbonyl (C=O) groups excluding carboxylic acids is 1. The number of rotatable bonds is 5. The fourth-order valence-corrected chi connectivity index (χ4v) is 1.74. The second kappa shape index (κ2) is 7.78. The van der Waals surface area contributed by atoms with Crippen LogP contribution in [0.2, 0.25) is 0 Å². The van der Waals surface area contributed by atoms with Crippen molar-refractivity contribution in [2.45, 2.75) is 13.2 Å². The van der Waals surface area contributed by atoms with Crippen molar-refractivity contribution in [1.29, 1.82) is 0 Å². The highest BCUT2D eigenvalue weighted by atomic mass is 79.9. The molecule has 0 saturated heterocycles. The van der Waals surface area contributed by atoms with Crippen LogP contribution in [0.15, 0.2) is 54.9 Å². The van der Waals surface area contributed by atoms with Gasteiger partial charge in [-0.15, -0.1) is 0 Å². The fraction of sp³-hybridized carbons (Fsp3) is 0.143. The number of Topliss-reactive ketones (excluding diaryl/α,β-unsaturated/α-hetero) is 1. The molecule has 0 amide bonds. The predicted octanol–water partition coefficient (Wildman–Crippen LogP) is -1.75. The van der Waals surface area contributed by atoms with E-state index in [9.17, 15) is 4.79 Å². The summed E-state index contributed by atoms with van der Waals surface area (Å²) < 4.78 is 1.82. The van der Waals surface area contributed by atoms with Crippen LogP contribution in [-0.4, -0.2) is 5.78 Å². The first-order chi connectivity index (χ1) is 8.79. The number of nitrogens with zero attached hydrogens (tertiary/aromatic N) is 1. The van der Waals surface area contributed by atoms with Crippen molar-refractivity contribution in [1.82, 2.24) is 0 Å². The molecule has 0 aliphatic rings. The Labute approximate surface area is 122 Å². The lowest BCUT2D eigenvalue weighted by Crippen LogP contribution is -3.00. The molecule has 0 aliphatic heterocycles. The van der Waals surface area contributed by atoms with Crippen LogP contribution >= 0.6 is 0 Å². The molecule has 0 atom stereocenters. The highest BCUT2D eigenvalue weighted by Gasteiger charge is 2.11. The summed E-state index contributed by atoms with van der Waals surface area (Å²) in [5.41, 5.74) is 1.64. The Morgan fingerprint density at radius 3 is 2.58 bits per heavy atom. The lowest BCUT2D eigenvalue weighted by Gasteiger charge is -2.00. The van der Waals surface area contributed by atoms with Crippen LogP contribution in [0.4, 0.5) is 0 Å². The summed E-state index contributed by atoms with van der Waals surface area (Å²) in [6, 6.07) is 13.0. The maximum absolute atomic E-state index is 12.0. The minimum Gasteiger partial charge on any atom is -1.00 e. The standard InChI is InChI=1S/C14H15N2O2.BrH/c15-18-11-12-5-4-8-16(9-12)10-14(17)13-6-2-1-3-7-13;/h1-9H,10-11,15H2;1H/q+1;/p-1. The van der Waals surface area contributed by atoms with Gasteiger partial charge in [-0.3, -0.25) is 9.63 Å². The predicted molar refractivity (Wildman–Crippen MR) is 66.4 cm³/mol. The molecule has 0 bridgehead atoms. The van der Waals surface area contributed by atoms with Gasteiger partial charge in [-0.05, 0) is 6.07 Å². The van der Waals surface area contributed by atoms with Crippen LogP contribution in [-0.2, 0) is 18.0 Å². The number of carbonyl (C=O) groups is 1. The topological polar surface area (TPSA) is 56.2 Å². The first-order valence-corrected chi connectivity index (χ1v) is 5.67. The Morgan fingerprint density at radius 2 is 1.89 bits per heavy atom. The third kappa shape index (κ3) is 4.55. The summed E-state index contributed by atoms with van der Waals surface area (Å²) in [4.78, 5) is 16.6. The van der Waals surface area contributed by atoms with E-state index >= 15 is 0 Å². The molecular formula is C14H15BrN2O2. The molecule has 1 aromatic carbocycles. The molecule has 0 spiro atoms. The lowest BCUT2D eigenvalue weighted by molar-refractivity contribution is -0.683. The average Bonchev–Trinajstić information content (AvgIpc) is 2.40. The van der Waals surface area contributed by atoms with Gasteiger partial charge in [0, 0.05) is 17.2 Å². The number of halogens is 1. The molecule has 1 aromatic heterocycles. The van der Waals surface area contributed by atoms with Gasteiger partial charge < -0.3 is 17.0 Å². The van der Waals surface area contributed by atoms with Crippen LogP contribution in [0.5, 0.6) is 0 Å². The summed E-state index contributed by atoms with van der Waals surface area (Å²) in [5.74, 6) is 5.10. The highest BCUT2D eigenvalue weighted by molar-refractivity contribution is 5.94. The van der Waals surface area contributed by atoms with Gasteiger partial charge in [0.25, 0.3) is 0 Å². The van der Waals surface area contributed by atoms with Gasteiger partial charge >= 0.3 is 0 Å². The molecule has 100 valence electrons. The van der Waals surface area contributed by atoms with Crippen molar-refractivity contribution >= 4 is 5.78 Å². The van der Waals surface area contributed by atoms with Crippen molar-refractivity contribution < 1.29 is 31.2 Å². The van der Waals surface area contributed by atoms with Crippen LogP contribution in [0.3, 0.4) is 0 Å². The molecule has 1 heterocycles. The Hall–Kier alpha value is -1.56. The van der Waals surface area contributed by atoms with Gasteiger partial charge in [0.15, 0.2) is 12.4 Å². The third-order valence-corrected chi connectivity index (χ3v) is 2.59. The highest BCUT2D eigenvalue weighted by Crippen LogP contribution is 2.00. The zero-order valence-electron chi connectivity index (χ0n) is 10.3. The molecule has 0 saturated carbocycles. The maximum Gasteiger partial charge on any atom is 0.227 e. The summed E-state index contributed by atoms with van der Waals surface area (Å²) in [6.45, 7) is 0.642. The number of aromatic nitrogens is 1. The lowest BCUT2D eigenvalue weighted by atomic mass is 10.1. The van der Waals surface area contributed by atoms with E-state index in [0.29, 0.717) is 18.7 Å². The van der Waals surface area contributed by atoms with Gasteiger partial charge in [-0.1, -0.05) is 30.3 Å². The Bertz CT molecular complexity index is 532. The summed E-state index contributed by atoms with van der Waals surface area (Å²) >= 11 is 0. The molecule has 0 aliphatic carbocycles.